The van der Waals surface area contributed by atoms with Crippen LogP contribution in [0.2, 0.25) is 0 Å². The Morgan fingerprint density at radius 1 is 0.597 bits per heavy atom. The zero-order valence-electron chi connectivity index (χ0n) is 36.5. The van der Waals surface area contributed by atoms with Crippen LogP contribution in [0, 0.1) is 6.92 Å². The highest BCUT2D eigenvalue weighted by molar-refractivity contribution is 5.95. The third-order valence-electron chi connectivity index (χ3n) is 12.0. The van der Waals surface area contributed by atoms with Gasteiger partial charge in [0.2, 0.25) is 0 Å². The first-order chi connectivity index (χ1) is 30.5. The summed E-state index contributed by atoms with van der Waals surface area (Å²) in [5.74, 6) is 0. The number of aromatic nitrogens is 1. The highest BCUT2D eigenvalue weighted by atomic mass is 15.1. The summed E-state index contributed by atoms with van der Waals surface area (Å²) in [6.07, 6.45) is 14.4. The Balaban J connectivity index is 0.00000261. The molecule has 0 radical (unpaired) electrons. The minimum atomic E-state index is -0.453. The molecule has 7 aromatic carbocycles. The van der Waals surface area contributed by atoms with Crippen LogP contribution in [0.4, 0.5) is 11.4 Å². The van der Waals surface area contributed by atoms with Crippen molar-refractivity contribution in [3.63, 3.8) is 0 Å². The molecule has 0 saturated carbocycles. The summed E-state index contributed by atoms with van der Waals surface area (Å²) in [4.78, 5) is 2.35. The fourth-order valence-corrected chi connectivity index (χ4v) is 9.52. The average molecular weight is 803 g/mol. The van der Waals surface area contributed by atoms with Crippen molar-refractivity contribution in [2.24, 2.45) is 0 Å². The molecule has 0 N–H and O–H groups in total. The van der Waals surface area contributed by atoms with E-state index in [1.54, 1.807) is 0 Å². The van der Waals surface area contributed by atoms with Crippen molar-refractivity contribution in [3.8, 4) is 27.9 Å². The van der Waals surface area contributed by atoms with Crippen LogP contribution in [0.15, 0.2) is 219 Å². The predicted molar refractivity (Wildman–Crippen MR) is 269 cm³/mol. The van der Waals surface area contributed by atoms with Crippen LogP contribution in [0.25, 0.3) is 51.0 Å². The Morgan fingerprint density at radius 2 is 1.21 bits per heavy atom. The molecule has 8 aromatic rings. The van der Waals surface area contributed by atoms with Gasteiger partial charge in [0.05, 0.1) is 16.6 Å². The van der Waals surface area contributed by atoms with Crippen LogP contribution in [0.5, 0.6) is 0 Å². The van der Waals surface area contributed by atoms with Gasteiger partial charge in [-0.25, -0.2) is 0 Å². The van der Waals surface area contributed by atoms with Crippen LogP contribution in [0.3, 0.4) is 0 Å². The number of rotatable bonds is 11. The SMILES string of the molecule is C=C/C=C(\C=C/C)N(c1ccc(-c2ccc(-n3c(/C=C\C)c(C=C)c4ccccc43)cc2)c(C)c1)c1ccc2c(c1)-c1ccccc1C2(c1ccccc1)c1ccccc1.CC. The number of benzene rings is 7. The summed E-state index contributed by atoms with van der Waals surface area (Å²) in [7, 11) is 0. The van der Waals surface area contributed by atoms with Gasteiger partial charge in [-0.3, -0.25) is 0 Å². The molecule has 0 fully saturated rings. The second-order valence-electron chi connectivity index (χ2n) is 15.3. The topological polar surface area (TPSA) is 8.17 Å². The quantitative estimate of drug-likeness (QED) is 0.118. The lowest BCUT2D eigenvalue weighted by Gasteiger charge is -2.34. The van der Waals surface area contributed by atoms with E-state index >= 15 is 0 Å². The van der Waals surface area contributed by atoms with E-state index in [2.05, 4.69) is 244 Å². The number of fused-ring (bicyclic) bond motifs is 4. The maximum absolute atomic E-state index is 4.15. The van der Waals surface area contributed by atoms with Crippen molar-refractivity contribution >= 4 is 34.4 Å². The zero-order valence-corrected chi connectivity index (χ0v) is 36.5. The molecule has 1 aliphatic rings. The van der Waals surface area contributed by atoms with Crippen LogP contribution in [-0.2, 0) is 5.41 Å². The highest BCUT2D eigenvalue weighted by Crippen LogP contribution is 2.57. The minimum Gasteiger partial charge on any atom is -0.310 e. The van der Waals surface area contributed by atoms with Gasteiger partial charge in [-0.05, 0) is 132 Å². The Labute approximate surface area is 368 Å². The van der Waals surface area contributed by atoms with Crippen LogP contribution >= 0.6 is 0 Å². The zero-order chi connectivity index (χ0) is 43.2. The summed E-state index contributed by atoms with van der Waals surface area (Å²) in [6.45, 7) is 18.6. The molecule has 0 aliphatic heterocycles. The molecule has 0 saturated heterocycles. The summed E-state index contributed by atoms with van der Waals surface area (Å²) in [5, 5.41) is 1.20. The van der Waals surface area contributed by atoms with Crippen molar-refractivity contribution in [3.05, 3.63) is 258 Å². The molecule has 0 unspecified atom stereocenters. The average Bonchev–Trinajstić information content (AvgIpc) is 3.80. The molecule has 9 rings (SSSR count). The standard InChI is InChI=1S/C58H48N2.C2H6/c1-6-20-45(21-7-2)59(48-36-38-55-53(40-48)51-27-16-18-29-54(51)58(55,43-23-12-10-13-24-43)44-25-14-11-15-26-44)47-35-37-50(41(5)39-47)42-31-33-46(34-32-42)60-56(22-8-3)49(9-4)52-28-17-19-30-57(52)60;1-2/h6-40H,1,4H2,2-3,5H3;1-2H3/b21-7-,22-8-,45-20+;. The Morgan fingerprint density at radius 3 is 1.85 bits per heavy atom. The number of para-hydroxylation sites is 1. The second-order valence-corrected chi connectivity index (χ2v) is 15.3. The fraction of sp³-hybridized carbons (Fsp3) is 0.100. The van der Waals surface area contributed by atoms with E-state index < -0.39 is 5.41 Å². The smallest absolute Gasteiger partial charge is 0.0713 e. The molecule has 1 aromatic heterocycles. The van der Waals surface area contributed by atoms with Crippen molar-refractivity contribution in [2.45, 2.75) is 40.0 Å². The van der Waals surface area contributed by atoms with Gasteiger partial charge in [-0.15, -0.1) is 0 Å². The Kier molecular flexibility index (Phi) is 12.0. The number of hydrogen-bond acceptors (Lipinski definition) is 1. The molecular weight excluding hydrogens is 749 g/mol. The molecule has 0 bridgehead atoms. The first-order valence-electron chi connectivity index (χ1n) is 21.7. The molecule has 304 valence electrons. The minimum absolute atomic E-state index is 0.453. The van der Waals surface area contributed by atoms with E-state index in [4.69, 9.17) is 0 Å². The third-order valence-corrected chi connectivity index (χ3v) is 12.0. The summed E-state index contributed by atoms with van der Waals surface area (Å²) >= 11 is 0. The lowest BCUT2D eigenvalue weighted by atomic mass is 9.68. The van der Waals surface area contributed by atoms with Crippen molar-refractivity contribution < 1.29 is 0 Å². The molecule has 62 heavy (non-hydrogen) atoms. The third kappa shape index (κ3) is 6.98. The predicted octanol–water partition coefficient (Wildman–Crippen LogP) is 16.5. The van der Waals surface area contributed by atoms with Gasteiger partial charge in [0.15, 0.2) is 0 Å². The second kappa shape index (κ2) is 18.1. The van der Waals surface area contributed by atoms with Crippen molar-refractivity contribution in [2.75, 3.05) is 4.90 Å². The maximum Gasteiger partial charge on any atom is 0.0713 e. The van der Waals surface area contributed by atoms with E-state index in [1.165, 1.54) is 61.0 Å². The van der Waals surface area contributed by atoms with Crippen LogP contribution in [-0.4, -0.2) is 4.57 Å². The van der Waals surface area contributed by atoms with Gasteiger partial charge in [0, 0.05) is 33.7 Å². The summed E-state index contributed by atoms with van der Waals surface area (Å²) in [6, 6.07) is 62.2. The summed E-state index contributed by atoms with van der Waals surface area (Å²) in [5.41, 5.74) is 18.4. The van der Waals surface area contributed by atoms with Crippen LogP contribution in [0.1, 0.15) is 66.8 Å². The fourth-order valence-electron chi connectivity index (χ4n) is 9.52. The molecule has 0 atom stereocenters. The molecule has 1 heterocycles. The highest BCUT2D eigenvalue weighted by Gasteiger charge is 2.46. The molecule has 2 heteroatoms. The van der Waals surface area contributed by atoms with Gasteiger partial charge in [0.1, 0.15) is 0 Å². The lowest BCUT2D eigenvalue weighted by molar-refractivity contribution is 0.768. The van der Waals surface area contributed by atoms with E-state index in [1.807, 2.05) is 26.0 Å². The number of aryl methyl sites for hydroxylation is 1. The van der Waals surface area contributed by atoms with Gasteiger partial charge in [-0.1, -0.05) is 179 Å². The Hall–Kier alpha value is -7.42. The number of nitrogens with zero attached hydrogens (tertiary/aromatic N) is 2. The first-order valence-corrected chi connectivity index (χ1v) is 21.7. The van der Waals surface area contributed by atoms with Crippen LogP contribution < -0.4 is 4.90 Å². The lowest BCUT2D eigenvalue weighted by Crippen LogP contribution is -2.28. The molecule has 0 spiro atoms. The first kappa shape index (κ1) is 41.3. The van der Waals surface area contributed by atoms with Crippen molar-refractivity contribution in [1.82, 2.24) is 4.57 Å². The van der Waals surface area contributed by atoms with Gasteiger partial charge < -0.3 is 9.47 Å². The molecular formula is C60H54N2. The van der Waals surface area contributed by atoms with Crippen molar-refractivity contribution in [1.29, 1.82) is 0 Å². The number of hydrogen-bond donors (Lipinski definition) is 0. The van der Waals surface area contributed by atoms with Gasteiger partial charge in [-0.2, -0.15) is 0 Å². The number of allylic oxidation sites excluding steroid dienone is 5. The largest absolute Gasteiger partial charge is 0.310 e. The number of anilines is 2. The van der Waals surface area contributed by atoms with E-state index in [9.17, 15) is 0 Å². The van der Waals surface area contributed by atoms with Gasteiger partial charge in [0.25, 0.3) is 0 Å². The molecule has 1 aliphatic carbocycles. The van der Waals surface area contributed by atoms with E-state index in [0.717, 1.165) is 34.0 Å². The monoisotopic (exact) mass is 802 g/mol. The van der Waals surface area contributed by atoms with E-state index in [0.29, 0.717) is 0 Å². The molecule has 0 amide bonds. The van der Waals surface area contributed by atoms with Gasteiger partial charge >= 0.3 is 0 Å². The molecule has 2 nitrogen and oxygen atoms in total. The normalized spacial score (nSPS) is 12.8. The summed E-state index contributed by atoms with van der Waals surface area (Å²) < 4.78 is 2.33. The van der Waals surface area contributed by atoms with E-state index in [-0.39, 0.29) is 0 Å². The Bertz CT molecular complexity index is 2930. The maximum atomic E-state index is 4.15.